The van der Waals surface area contributed by atoms with Crippen LogP contribution < -0.4 is 24.3 Å². The van der Waals surface area contributed by atoms with Crippen LogP contribution in [0.5, 0.6) is 23.0 Å². The molecule has 1 unspecified atom stereocenters. The molecule has 0 bridgehead atoms. The number of hydrogen-bond donors (Lipinski definition) is 1. The number of carbonyl (C=O) groups is 1. The number of furan rings is 1. The van der Waals surface area contributed by atoms with Crippen molar-refractivity contribution in [2.75, 3.05) is 26.3 Å². The Kier molecular flexibility index (Phi) is 4.08. The first-order chi connectivity index (χ1) is 14.2. The van der Waals surface area contributed by atoms with Crippen molar-refractivity contribution in [3.05, 3.63) is 47.5 Å². The van der Waals surface area contributed by atoms with Crippen molar-refractivity contribution in [3.8, 4) is 23.0 Å². The third-order valence-corrected chi connectivity index (χ3v) is 5.16. The topological polar surface area (TPSA) is 97.0 Å². The monoisotopic (exact) mass is 397 g/mol. The Labute approximate surface area is 166 Å². The van der Waals surface area contributed by atoms with Crippen molar-refractivity contribution >= 4 is 11.7 Å². The SMILES string of the molecule is COc1c(C2CC(=O)Nc3c2cnn3Cc2ccco2)cc2c(c1OC)OCO2. The maximum absolute atomic E-state index is 12.5. The minimum atomic E-state index is -0.276. The molecular formula is C20H19N3O6. The highest BCUT2D eigenvalue weighted by Gasteiger charge is 2.36. The lowest BCUT2D eigenvalue weighted by molar-refractivity contribution is -0.116. The molecule has 2 aliphatic rings. The van der Waals surface area contributed by atoms with E-state index in [4.69, 9.17) is 23.4 Å². The van der Waals surface area contributed by atoms with Gasteiger partial charge >= 0.3 is 0 Å². The summed E-state index contributed by atoms with van der Waals surface area (Å²) in [6, 6.07) is 5.53. The molecule has 0 saturated carbocycles. The van der Waals surface area contributed by atoms with Gasteiger partial charge in [0.25, 0.3) is 0 Å². The molecule has 5 rings (SSSR count). The fourth-order valence-electron chi connectivity index (χ4n) is 3.89. The third kappa shape index (κ3) is 2.77. The van der Waals surface area contributed by atoms with E-state index in [1.807, 2.05) is 18.2 Å². The largest absolute Gasteiger partial charge is 0.492 e. The minimum Gasteiger partial charge on any atom is -0.492 e. The predicted molar refractivity (Wildman–Crippen MR) is 101 cm³/mol. The van der Waals surface area contributed by atoms with Gasteiger partial charge < -0.3 is 28.7 Å². The summed E-state index contributed by atoms with van der Waals surface area (Å²) in [6.07, 6.45) is 3.62. The molecule has 2 aromatic heterocycles. The number of methoxy groups -OCH3 is 2. The Morgan fingerprint density at radius 3 is 2.86 bits per heavy atom. The number of aromatic nitrogens is 2. The number of carbonyl (C=O) groups excluding carboxylic acids is 1. The van der Waals surface area contributed by atoms with Gasteiger partial charge in [0.15, 0.2) is 11.5 Å². The third-order valence-electron chi connectivity index (χ3n) is 5.16. The number of anilines is 1. The van der Waals surface area contributed by atoms with Gasteiger partial charge in [-0.15, -0.1) is 0 Å². The van der Waals surface area contributed by atoms with Gasteiger partial charge in [-0.3, -0.25) is 4.79 Å². The minimum absolute atomic E-state index is 0.107. The summed E-state index contributed by atoms with van der Waals surface area (Å²) in [5, 5.41) is 7.40. The van der Waals surface area contributed by atoms with Crippen molar-refractivity contribution in [2.24, 2.45) is 0 Å². The van der Waals surface area contributed by atoms with E-state index in [9.17, 15) is 4.79 Å². The molecule has 0 fully saturated rings. The van der Waals surface area contributed by atoms with Gasteiger partial charge in [-0.1, -0.05) is 0 Å². The summed E-state index contributed by atoms with van der Waals surface area (Å²) in [5.41, 5.74) is 1.66. The summed E-state index contributed by atoms with van der Waals surface area (Å²) in [4.78, 5) is 12.5. The van der Waals surface area contributed by atoms with Gasteiger partial charge in [0.05, 0.1) is 26.7 Å². The van der Waals surface area contributed by atoms with Crippen LogP contribution in [-0.4, -0.2) is 36.7 Å². The van der Waals surface area contributed by atoms with Gasteiger partial charge in [0.2, 0.25) is 24.2 Å². The van der Waals surface area contributed by atoms with Crippen LogP contribution in [0.4, 0.5) is 5.82 Å². The van der Waals surface area contributed by atoms with E-state index in [1.54, 1.807) is 31.4 Å². The lowest BCUT2D eigenvalue weighted by Gasteiger charge is -2.26. The van der Waals surface area contributed by atoms with Crippen LogP contribution in [0.2, 0.25) is 0 Å². The molecule has 4 heterocycles. The average Bonchev–Trinajstić information content (AvgIpc) is 3.47. The molecule has 0 aliphatic carbocycles. The summed E-state index contributed by atoms with van der Waals surface area (Å²) < 4.78 is 29.4. The van der Waals surface area contributed by atoms with E-state index in [0.717, 1.165) is 16.9 Å². The summed E-state index contributed by atoms with van der Waals surface area (Å²) >= 11 is 0. The lowest BCUT2D eigenvalue weighted by Crippen LogP contribution is -2.25. The number of rotatable bonds is 5. The lowest BCUT2D eigenvalue weighted by atomic mass is 9.86. The maximum Gasteiger partial charge on any atom is 0.231 e. The zero-order valence-electron chi connectivity index (χ0n) is 15.9. The molecule has 0 spiro atoms. The first-order valence-electron chi connectivity index (χ1n) is 9.12. The van der Waals surface area contributed by atoms with Crippen LogP contribution in [0.15, 0.2) is 35.1 Å². The number of benzene rings is 1. The van der Waals surface area contributed by atoms with E-state index >= 15 is 0 Å². The Balaban J connectivity index is 1.62. The molecule has 1 N–H and O–H groups in total. The summed E-state index contributed by atoms with van der Waals surface area (Å²) in [6.45, 7) is 0.521. The van der Waals surface area contributed by atoms with E-state index in [-0.39, 0.29) is 25.0 Å². The highest BCUT2D eigenvalue weighted by molar-refractivity contribution is 5.94. The van der Waals surface area contributed by atoms with Crippen LogP contribution in [-0.2, 0) is 11.3 Å². The zero-order chi connectivity index (χ0) is 20.0. The molecule has 9 heteroatoms. The van der Waals surface area contributed by atoms with E-state index in [2.05, 4.69) is 10.4 Å². The number of nitrogens with one attached hydrogen (secondary N) is 1. The van der Waals surface area contributed by atoms with Crippen molar-refractivity contribution < 1.29 is 28.2 Å². The van der Waals surface area contributed by atoms with Crippen LogP contribution in [0.1, 0.15) is 29.2 Å². The molecule has 9 nitrogen and oxygen atoms in total. The summed E-state index contributed by atoms with van der Waals surface area (Å²) in [7, 11) is 3.11. The fraction of sp³-hybridized carbons (Fsp3) is 0.300. The average molecular weight is 397 g/mol. The van der Waals surface area contributed by atoms with Crippen LogP contribution in [0.3, 0.4) is 0 Å². The van der Waals surface area contributed by atoms with Gasteiger partial charge in [-0.2, -0.15) is 5.10 Å². The second kappa shape index (κ2) is 6.77. The van der Waals surface area contributed by atoms with Gasteiger partial charge in [-0.25, -0.2) is 4.68 Å². The van der Waals surface area contributed by atoms with Gasteiger partial charge in [-0.05, 0) is 18.2 Å². The highest BCUT2D eigenvalue weighted by Crippen LogP contribution is 2.53. The number of amides is 1. The number of ether oxygens (including phenoxy) is 4. The first-order valence-corrected chi connectivity index (χ1v) is 9.12. The Hall–Kier alpha value is -3.62. The normalized spacial score (nSPS) is 17.0. The maximum atomic E-state index is 12.5. The van der Waals surface area contributed by atoms with Crippen molar-refractivity contribution in [2.45, 2.75) is 18.9 Å². The number of nitrogens with zero attached hydrogens (tertiary/aromatic N) is 2. The van der Waals surface area contributed by atoms with Crippen molar-refractivity contribution in [1.29, 1.82) is 0 Å². The second-order valence-corrected chi connectivity index (χ2v) is 6.76. The first kappa shape index (κ1) is 17.5. The molecule has 0 radical (unpaired) electrons. The van der Waals surface area contributed by atoms with Crippen LogP contribution in [0.25, 0.3) is 0 Å². The predicted octanol–water partition coefficient (Wildman–Crippen LogP) is 2.74. The standard InChI is InChI=1S/C20H19N3O6/c1-25-17-13(6-15-18(19(17)26-2)29-10-28-15)12-7-16(24)22-20-14(12)8-21-23(20)9-11-4-3-5-27-11/h3-6,8,12H,7,9-10H2,1-2H3,(H,22,24). The molecular weight excluding hydrogens is 378 g/mol. The zero-order valence-corrected chi connectivity index (χ0v) is 15.9. The van der Waals surface area contributed by atoms with Crippen molar-refractivity contribution in [3.63, 3.8) is 0 Å². The molecule has 1 amide bonds. The molecule has 0 saturated heterocycles. The molecule has 29 heavy (non-hydrogen) atoms. The summed E-state index contributed by atoms with van der Waals surface area (Å²) in [5.74, 6) is 3.03. The molecule has 3 aromatic rings. The second-order valence-electron chi connectivity index (χ2n) is 6.76. The molecule has 1 atom stereocenters. The van der Waals surface area contributed by atoms with Crippen LogP contribution in [0, 0.1) is 0 Å². The van der Waals surface area contributed by atoms with E-state index in [1.165, 1.54) is 0 Å². The Morgan fingerprint density at radius 2 is 2.10 bits per heavy atom. The quantitative estimate of drug-likeness (QED) is 0.707. The van der Waals surface area contributed by atoms with Crippen LogP contribution >= 0.6 is 0 Å². The number of fused-ring (bicyclic) bond motifs is 2. The van der Waals surface area contributed by atoms with E-state index < -0.39 is 0 Å². The fourth-order valence-corrected chi connectivity index (χ4v) is 3.89. The number of hydrogen-bond acceptors (Lipinski definition) is 7. The molecule has 1 aromatic carbocycles. The Bertz CT molecular complexity index is 1070. The highest BCUT2D eigenvalue weighted by atomic mass is 16.7. The molecule has 150 valence electrons. The van der Waals surface area contributed by atoms with Gasteiger partial charge in [0, 0.05) is 23.5 Å². The van der Waals surface area contributed by atoms with Crippen molar-refractivity contribution in [1.82, 2.24) is 9.78 Å². The Morgan fingerprint density at radius 1 is 1.24 bits per heavy atom. The smallest absolute Gasteiger partial charge is 0.231 e. The van der Waals surface area contributed by atoms with E-state index in [0.29, 0.717) is 35.4 Å². The molecule has 2 aliphatic heterocycles. The van der Waals surface area contributed by atoms with Gasteiger partial charge in [0.1, 0.15) is 18.1 Å².